The molecule has 0 spiro atoms. The first-order valence-corrected chi connectivity index (χ1v) is 10.5. The molecule has 8 nitrogen and oxygen atoms in total. The van der Waals surface area contributed by atoms with Crippen LogP contribution >= 0.6 is 11.3 Å². The van der Waals surface area contributed by atoms with Crippen LogP contribution in [0.15, 0.2) is 28.8 Å². The number of aromatic nitrogens is 4. The van der Waals surface area contributed by atoms with Crippen LogP contribution in [0.4, 0.5) is 14.3 Å². The summed E-state index contributed by atoms with van der Waals surface area (Å²) in [6, 6.07) is 5.76. The Morgan fingerprint density at radius 1 is 1.17 bits per heavy atom. The number of amides is 2. The minimum absolute atomic E-state index is 0.0346. The number of carbonyl (C=O) groups excluding carboxylic acids is 1. The molecule has 29 heavy (non-hydrogen) atoms. The first kappa shape index (κ1) is 18.2. The third-order valence-corrected chi connectivity index (χ3v) is 6.18. The third kappa shape index (κ3) is 3.98. The monoisotopic (exact) mass is 414 g/mol. The van der Waals surface area contributed by atoms with Gasteiger partial charge in [-0.25, -0.2) is 9.18 Å². The quantitative estimate of drug-likeness (QED) is 0.693. The topological polar surface area (TPSA) is 97.0 Å². The molecule has 1 N–H and O–H groups in total. The van der Waals surface area contributed by atoms with E-state index in [1.165, 1.54) is 23.5 Å². The molecule has 10 heteroatoms. The number of urea groups is 1. The van der Waals surface area contributed by atoms with Crippen LogP contribution in [0.3, 0.4) is 0 Å². The molecule has 2 aromatic heterocycles. The van der Waals surface area contributed by atoms with Crippen molar-refractivity contribution >= 4 is 22.5 Å². The summed E-state index contributed by atoms with van der Waals surface area (Å²) in [6.07, 6.45) is 4.01. The van der Waals surface area contributed by atoms with Crippen LogP contribution in [0.2, 0.25) is 0 Å². The van der Waals surface area contributed by atoms with Gasteiger partial charge in [0.25, 0.3) is 0 Å². The van der Waals surface area contributed by atoms with Crippen molar-refractivity contribution in [1.29, 1.82) is 0 Å². The first-order valence-electron chi connectivity index (χ1n) is 9.64. The van der Waals surface area contributed by atoms with Gasteiger partial charge in [-0.05, 0) is 49.9 Å². The molecule has 1 saturated carbocycles. The lowest BCUT2D eigenvalue weighted by molar-refractivity contribution is 0.184. The Balaban J connectivity index is 1.24. The maximum Gasteiger partial charge on any atom is 0.323 e. The number of carbonyl (C=O) groups is 1. The van der Waals surface area contributed by atoms with Crippen LogP contribution < -0.4 is 5.32 Å². The zero-order chi connectivity index (χ0) is 19.8. The summed E-state index contributed by atoms with van der Waals surface area (Å²) in [5.74, 6) is 1.08. The zero-order valence-corrected chi connectivity index (χ0v) is 16.4. The van der Waals surface area contributed by atoms with E-state index in [0.29, 0.717) is 41.4 Å². The lowest BCUT2D eigenvalue weighted by atomic mass is 9.98. The average Bonchev–Trinajstić information content (AvgIpc) is 3.28. The zero-order valence-electron chi connectivity index (χ0n) is 15.5. The highest BCUT2D eigenvalue weighted by Gasteiger charge is 2.30. The Kier molecular flexibility index (Phi) is 4.70. The standard InChI is InChI=1S/C19H19FN6O2S/c20-14-7-5-11(6-8-14)15-21-16(28-25-15)13-2-1-9-26(10-13)19(27)22-18-24-23-17(29-18)12-3-4-12/h5-8,12-13H,1-4,9-10H2,(H,22,24,27). The normalized spacial score (nSPS) is 19.3. The highest BCUT2D eigenvalue weighted by atomic mass is 32.1. The molecule has 1 aliphatic heterocycles. The number of anilines is 1. The van der Waals surface area contributed by atoms with Gasteiger partial charge in [-0.3, -0.25) is 5.32 Å². The van der Waals surface area contributed by atoms with Crippen LogP contribution in [0.5, 0.6) is 0 Å². The van der Waals surface area contributed by atoms with Gasteiger partial charge in [-0.1, -0.05) is 16.5 Å². The number of nitrogens with zero attached hydrogens (tertiary/aromatic N) is 5. The van der Waals surface area contributed by atoms with E-state index in [4.69, 9.17) is 4.52 Å². The molecule has 1 saturated heterocycles. The number of hydrogen-bond acceptors (Lipinski definition) is 7. The van der Waals surface area contributed by atoms with Crippen molar-refractivity contribution in [2.45, 2.75) is 37.5 Å². The van der Waals surface area contributed by atoms with Crippen LogP contribution in [-0.4, -0.2) is 44.4 Å². The molecule has 0 bridgehead atoms. The van der Waals surface area contributed by atoms with Crippen LogP contribution in [0.25, 0.3) is 11.4 Å². The molecule has 2 amide bonds. The minimum Gasteiger partial charge on any atom is -0.339 e. The Hall–Kier alpha value is -2.88. The van der Waals surface area contributed by atoms with Gasteiger partial charge in [0.1, 0.15) is 10.8 Å². The van der Waals surface area contributed by atoms with Crippen molar-refractivity contribution in [3.8, 4) is 11.4 Å². The fourth-order valence-electron chi connectivity index (χ4n) is 3.43. The summed E-state index contributed by atoms with van der Waals surface area (Å²) in [7, 11) is 0. The van der Waals surface area contributed by atoms with E-state index in [0.717, 1.165) is 30.7 Å². The van der Waals surface area contributed by atoms with E-state index in [1.54, 1.807) is 17.0 Å². The maximum atomic E-state index is 13.1. The van der Waals surface area contributed by atoms with Gasteiger partial charge >= 0.3 is 6.03 Å². The number of benzene rings is 1. The highest BCUT2D eigenvalue weighted by molar-refractivity contribution is 7.15. The Labute approximate surface area is 170 Å². The van der Waals surface area contributed by atoms with E-state index < -0.39 is 0 Å². The third-order valence-electron chi connectivity index (χ3n) is 5.18. The van der Waals surface area contributed by atoms with Crippen molar-refractivity contribution in [2.24, 2.45) is 0 Å². The maximum absolute atomic E-state index is 13.1. The van der Waals surface area contributed by atoms with Gasteiger partial charge in [0.2, 0.25) is 16.8 Å². The van der Waals surface area contributed by atoms with Gasteiger partial charge in [0.05, 0.1) is 5.92 Å². The second kappa shape index (κ2) is 7.51. The number of piperidine rings is 1. The van der Waals surface area contributed by atoms with E-state index in [2.05, 4.69) is 25.7 Å². The fourth-order valence-corrected chi connectivity index (χ4v) is 4.33. The molecule has 1 aliphatic carbocycles. The number of likely N-dealkylation sites (tertiary alicyclic amines) is 1. The molecular formula is C19H19FN6O2S. The molecule has 3 heterocycles. The summed E-state index contributed by atoms with van der Waals surface area (Å²) in [5.41, 5.74) is 0.689. The second-order valence-electron chi connectivity index (χ2n) is 7.40. The molecule has 1 aromatic carbocycles. The predicted octanol–water partition coefficient (Wildman–Crippen LogP) is 4.02. The molecule has 5 rings (SSSR count). The second-order valence-corrected chi connectivity index (χ2v) is 8.41. The summed E-state index contributed by atoms with van der Waals surface area (Å²) < 4.78 is 18.5. The van der Waals surface area contributed by atoms with Crippen molar-refractivity contribution in [2.75, 3.05) is 18.4 Å². The van der Waals surface area contributed by atoms with Crippen molar-refractivity contribution in [1.82, 2.24) is 25.2 Å². The van der Waals surface area contributed by atoms with Gasteiger partial charge in [-0.2, -0.15) is 4.98 Å². The number of nitrogens with one attached hydrogen (secondary N) is 1. The molecule has 0 radical (unpaired) electrons. The van der Waals surface area contributed by atoms with E-state index >= 15 is 0 Å². The molecular weight excluding hydrogens is 395 g/mol. The van der Waals surface area contributed by atoms with Crippen LogP contribution in [0, 0.1) is 5.82 Å². The SMILES string of the molecule is O=C(Nc1nnc(C2CC2)s1)N1CCCC(c2nc(-c3ccc(F)cc3)no2)C1. The molecule has 1 unspecified atom stereocenters. The molecule has 1 atom stereocenters. The van der Waals surface area contributed by atoms with Crippen molar-refractivity contribution in [3.05, 3.63) is 41.0 Å². The summed E-state index contributed by atoms with van der Waals surface area (Å²) >= 11 is 1.45. The summed E-state index contributed by atoms with van der Waals surface area (Å²) in [4.78, 5) is 18.9. The van der Waals surface area contributed by atoms with E-state index in [9.17, 15) is 9.18 Å². The molecule has 3 aromatic rings. The Morgan fingerprint density at radius 2 is 2.00 bits per heavy atom. The lowest BCUT2D eigenvalue weighted by Crippen LogP contribution is -2.41. The number of rotatable bonds is 4. The fraction of sp³-hybridized carbons (Fsp3) is 0.421. The largest absolute Gasteiger partial charge is 0.339 e. The smallest absolute Gasteiger partial charge is 0.323 e. The van der Waals surface area contributed by atoms with Gasteiger partial charge in [0, 0.05) is 24.6 Å². The van der Waals surface area contributed by atoms with Crippen LogP contribution in [0.1, 0.15) is 48.4 Å². The van der Waals surface area contributed by atoms with Crippen molar-refractivity contribution in [3.63, 3.8) is 0 Å². The van der Waals surface area contributed by atoms with Gasteiger partial charge in [-0.15, -0.1) is 10.2 Å². The minimum atomic E-state index is -0.314. The molecule has 2 aliphatic rings. The Morgan fingerprint density at radius 3 is 2.79 bits per heavy atom. The van der Waals surface area contributed by atoms with Crippen LogP contribution in [-0.2, 0) is 0 Å². The molecule has 2 fully saturated rings. The van der Waals surface area contributed by atoms with Crippen molar-refractivity contribution < 1.29 is 13.7 Å². The first-order chi connectivity index (χ1) is 14.2. The van der Waals surface area contributed by atoms with E-state index in [-0.39, 0.29) is 17.8 Å². The Bertz CT molecular complexity index is 1020. The molecule has 150 valence electrons. The summed E-state index contributed by atoms with van der Waals surface area (Å²) in [6.45, 7) is 1.15. The number of halogens is 1. The average molecular weight is 414 g/mol. The summed E-state index contributed by atoms with van der Waals surface area (Å²) in [5, 5.41) is 16.6. The van der Waals surface area contributed by atoms with Gasteiger partial charge in [0.15, 0.2) is 0 Å². The highest BCUT2D eigenvalue weighted by Crippen LogP contribution is 2.42. The number of hydrogen-bond donors (Lipinski definition) is 1. The lowest BCUT2D eigenvalue weighted by Gasteiger charge is -2.30. The van der Waals surface area contributed by atoms with E-state index in [1.807, 2.05) is 0 Å². The van der Waals surface area contributed by atoms with Gasteiger partial charge < -0.3 is 9.42 Å². The predicted molar refractivity (Wildman–Crippen MR) is 104 cm³/mol.